The molecule has 0 aliphatic carbocycles. The molecule has 0 aliphatic heterocycles. The molecule has 0 fully saturated rings. The molecule has 0 spiro atoms. The van der Waals surface area contributed by atoms with Gasteiger partial charge in [-0.25, -0.2) is 4.98 Å². The minimum Gasteiger partial charge on any atom is -0.384 e. The van der Waals surface area contributed by atoms with Crippen molar-refractivity contribution in [2.75, 3.05) is 23.8 Å². The van der Waals surface area contributed by atoms with Gasteiger partial charge in [-0.1, -0.05) is 0 Å². The van der Waals surface area contributed by atoms with Gasteiger partial charge in [0.05, 0.1) is 41.0 Å². The highest BCUT2D eigenvalue weighted by atomic mass is 32.1. The maximum absolute atomic E-state index is 4.48. The fourth-order valence-corrected chi connectivity index (χ4v) is 2.36. The van der Waals surface area contributed by atoms with Gasteiger partial charge in [-0.15, -0.1) is 11.3 Å². The van der Waals surface area contributed by atoms with Crippen LogP contribution in [0.1, 0.15) is 17.6 Å². The van der Waals surface area contributed by atoms with Crippen molar-refractivity contribution in [3.8, 4) is 0 Å². The summed E-state index contributed by atoms with van der Waals surface area (Å²) in [6.07, 6.45) is 3.72. The highest BCUT2D eigenvalue weighted by molar-refractivity contribution is 7.09. The Morgan fingerprint density at radius 3 is 2.89 bits per heavy atom. The fraction of sp³-hybridized carbons (Fsp3) is 0.385. The maximum Gasteiger partial charge on any atom is 0.0898 e. The smallest absolute Gasteiger partial charge is 0.0898 e. The molecule has 0 bridgehead atoms. The Morgan fingerprint density at radius 2 is 2.22 bits per heavy atom. The summed E-state index contributed by atoms with van der Waals surface area (Å²) in [4.78, 5) is 10.9. The van der Waals surface area contributed by atoms with Gasteiger partial charge in [-0.2, -0.15) is 0 Å². The van der Waals surface area contributed by atoms with Crippen LogP contribution in [0, 0.1) is 6.92 Å². The van der Waals surface area contributed by atoms with Crippen LogP contribution in [-0.4, -0.2) is 23.6 Å². The maximum atomic E-state index is 4.48. The van der Waals surface area contributed by atoms with E-state index in [9.17, 15) is 0 Å². The van der Waals surface area contributed by atoms with E-state index < -0.39 is 0 Å². The minimum absolute atomic E-state index is 0.807. The lowest BCUT2D eigenvalue weighted by atomic mass is 10.3. The van der Waals surface area contributed by atoms with Crippen LogP contribution in [-0.2, 0) is 6.54 Å². The summed E-state index contributed by atoms with van der Waals surface area (Å²) in [7, 11) is 2.06. The monoisotopic (exact) mass is 262 g/mol. The Bertz CT molecular complexity index is 509. The van der Waals surface area contributed by atoms with Crippen molar-refractivity contribution < 1.29 is 0 Å². The molecule has 2 aromatic heterocycles. The summed E-state index contributed by atoms with van der Waals surface area (Å²) in [5.41, 5.74) is 3.25. The Labute approximate surface area is 112 Å². The van der Waals surface area contributed by atoms with Gasteiger partial charge < -0.3 is 10.2 Å². The zero-order valence-corrected chi connectivity index (χ0v) is 11.8. The lowest BCUT2D eigenvalue weighted by Gasteiger charge is -2.18. The van der Waals surface area contributed by atoms with Gasteiger partial charge in [-0.3, -0.25) is 4.98 Å². The molecule has 18 heavy (non-hydrogen) atoms. The number of anilines is 2. The molecular weight excluding hydrogens is 244 g/mol. The summed E-state index contributed by atoms with van der Waals surface area (Å²) >= 11 is 1.69. The van der Waals surface area contributed by atoms with Gasteiger partial charge in [-0.05, 0) is 19.9 Å². The lowest BCUT2D eigenvalue weighted by Crippen LogP contribution is -2.17. The number of nitrogens with one attached hydrogen (secondary N) is 1. The van der Waals surface area contributed by atoms with Crippen molar-refractivity contribution in [1.82, 2.24) is 9.97 Å². The molecule has 1 N–H and O–H groups in total. The first-order valence-electron chi connectivity index (χ1n) is 6.00. The first-order chi connectivity index (χ1) is 8.69. The van der Waals surface area contributed by atoms with Gasteiger partial charge in [0.15, 0.2) is 0 Å². The third-order valence-corrected chi connectivity index (χ3v) is 3.43. The zero-order valence-electron chi connectivity index (χ0n) is 11.0. The predicted octanol–water partition coefficient (Wildman–Crippen LogP) is 2.91. The van der Waals surface area contributed by atoms with Gasteiger partial charge in [0, 0.05) is 19.0 Å². The second-order valence-corrected chi connectivity index (χ2v) is 5.24. The molecule has 2 aromatic rings. The molecule has 96 valence electrons. The summed E-state index contributed by atoms with van der Waals surface area (Å²) in [5, 5.41) is 6.48. The average molecular weight is 262 g/mol. The van der Waals surface area contributed by atoms with E-state index in [4.69, 9.17) is 0 Å². The van der Waals surface area contributed by atoms with E-state index in [1.807, 2.05) is 19.3 Å². The van der Waals surface area contributed by atoms with E-state index in [0.717, 1.165) is 35.2 Å². The minimum atomic E-state index is 0.807. The molecule has 0 aromatic carbocycles. The molecule has 0 amide bonds. The van der Waals surface area contributed by atoms with Crippen molar-refractivity contribution in [1.29, 1.82) is 0 Å². The third-order valence-electron chi connectivity index (χ3n) is 2.61. The summed E-state index contributed by atoms with van der Waals surface area (Å²) < 4.78 is 0. The van der Waals surface area contributed by atoms with Gasteiger partial charge >= 0.3 is 0 Å². The standard InChI is InChI=1S/C13H18N4S/c1-4-15-11-5-13(7-14-6-11)17(3)8-12-9-18-10(2)16-12/h5-7,9,15H,4,8H2,1-3H3. The summed E-state index contributed by atoms with van der Waals surface area (Å²) in [6, 6.07) is 2.11. The van der Waals surface area contributed by atoms with Crippen LogP contribution in [0.5, 0.6) is 0 Å². The van der Waals surface area contributed by atoms with Crippen LogP contribution in [0.2, 0.25) is 0 Å². The Morgan fingerprint density at radius 1 is 1.39 bits per heavy atom. The lowest BCUT2D eigenvalue weighted by molar-refractivity contribution is 0.886. The van der Waals surface area contributed by atoms with Crippen LogP contribution in [0.15, 0.2) is 23.8 Å². The fourth-order valence-electron chi connectivity index (χ4n) is 1.75. The van der Waals surface area contributed by atoms with Gasteiger partial charge in [0.2, 0.25) is 0 Å². The Hall–Kier alpha value is -1.62. The molecule has 0 atom stereocenters. The molecule has 0 saturated heterocycles. The summed E-state index contributed by atoms with van der Waals surface area (Å²) in [6.45, 7) is 5.82. The normalized spacial score (nSPS) is 10.4. The van der Waals surface area contributed by atoms with E-state index in [2.05, 4.69) is 45.6 Å². The number of nitrogens with zero attached hydrogens (tertiary/aromatic N) is 3. The van der Waals surface area contributed by atoms with Crippen LogP contribution in [0.25, 0.3) is 0 Å². The number of pyridine rings is 1. The largest absolute Gasteiger partial charge is 0.384 e. The van der Waals surface area contributed by atoms with Crippen LogP contribution in [0.3, 0.4) is 0 Å². The quantitative estimate of drug-likeness (QED) is 0.899. The number of aryl methyl sites for hydroxylation is 1. The molecule has 0 unspecified atom stereocenters. The zero-order chi connectivity index (χ0) is 13.0. The average Bonchev–Trinajstić information content (AvgIpc) is 2.75. The van der Waals surface area contributed by atoms with Crippen LogP contribution >= 0.6 is 11.3 Å². The molecular formula is C13H18N4S. The topological polar surface area (TPSA) is 41.1 Å². The van der Waals surface area contributed by atoms with E-state index >= 15 is 0 Å². The molecule has 0 saturated carbocycles. The predicted molar refractivity (Wildman–Crippen MR) is 77.4 cm³/mol. The van der Waals surface area contributed by atoms with Crippen LogP contribution in [0.4, 0.5) is 11.4 Å². The molecule has 0 aliphatic rings. The first-order valence-corrected chi connectivity index (χ1v) is 6.88. The second kappa shape index (κ2) is 5.82. The Kier molecular flexibility index (Phi) is 4.15. The second-order valence-electron chi connectivity index (χ2n) is 4.18. The van der Waals surface area contributed by atoms with E-state index in [1.165, 1.54) is 0 Å². The highest BCUT2D eigenvalue weighted by Gasteiger charge is 2.06. The van der Waals surface area contributed by atoms with Crippen molar-refractivity contribution in [2.24, 2.45) is 0 Å². The van der Waals surface area contributed by atoms with Crippen molar-refractivity contribution >= 4 is 22.7 Å². The van der Waals surface area contributed by atoms with E-state index in [0.29, 0.717) is 0 Å². The van der Waals surface area contributed by atoms with Crippen molar-refractivity contribution in [3.63, 3.8) is 0 Å². The van der Waals surface area contributed by atoms with Crippen LogP contribution < -0.4 is 10.2 Å². The number of hydrogen-bond donors (Lipinski definition) is 1. The first kappa shape index (κ1) is 12.8. The number of thiazole rings is 1. The van der Waals surface area contributed by atoms with Crippen molar-refractivity contribution in [2.45, 2.75) is 20.4 Å². The highest BCUT2D eigenvalue weighted by Crippen LogP contribution is 2.19. The van der Waals surface area contributed by atoms with E-state index in [1.54, 1.807) is 11.3 Å². The molecule has 2 rings (SSSR count). The molecule has 0 radical (unpaired) electrons. The number of hydrogen-bond acceptors (Lipinski definition) is 5. The molecule has 4 nitrogen and oxygen atoms in total. The number of rotatable bonds is 5. The number of aromatic nitrogens is 2. The third kappa shape index (κ3) is 3.20. The van der Waals surface area contributed by atoms with Gasteiger partial charge in [0.25, 0.3) is 0 Å². The summed E-state index contributed by atoms with van der Waals surface area (Å²) in [5.74, 6) is 0. The SMILES string of the molecule is CCNc1cncc(N(C)Cc2csc(C)n2)c1. The van der Waals surface area contributed by atoms with Gasteiger partial charge in [0.1, 0.15) is 0 Å². The molecule has 5 heteroatoms. The van der Waals surface area contributed by atoms with E-state index in [-0.39, 0.29) is 0 Å². The molecule has 2 heterocycles. The van der Waals surface area contributed by atoms with Crippen molar-refractivity contribution in [3.05, 3.63) is 34.5 Å². The Balaban J connectivity index is 2.08.